The Labute approximate surface area is 172 Å². The minimum atomic E-state index is -0.556. The molecule has 3 N–H and O–H groups in total. The van der Waals surface area contributed by atoms with Crippen LogP contribution in [0.2, 0.25) is 0 Å². The van der Waals surface area contributed by atoms with E-state index in [2.05, 4.69) is 16.2 Å². The molecule has 0 radical (unpaired) electrons. The number of carbonyl (C=O) groups is 3. The molecule has 1 fully saturated rings. The molecule has 30 heavy (non-hydrogen) atoms. The normalized spacial score (nSPS) is 15.7. The Morgan fingerprint density at radius 3 is 2.57 bits per heavy atom. The van der Waals surface area contributed by atoms with Crippen LogP contribution in [0.4, 0.5) is 5.69 Å². The van der Waals surface area contributed by atoms with E-state index in [1.54, 1.807) is 31.2 Å². The molecule has 1 atom stereocenters. The van der Waals surface area contributed by atoms with E-state index in [0.29, 0.717) is 29.9 Å². The molecular weight excluding hydrogens is 386 g/mol. The highest BCUT2D eigenvalue weighted by molar-refractivity contribution is 6.02. The summed E-state index contributed by atoms with van der Waals surface area (Å²) < 4.78 is 10.9. The standard InChI is InChI=1S/C22H21N3O5/c1-13-16-8-2-3-9-17(16)30-19(13)22(28)25-24-20(26)14-6-4-7-15(12-14)23-21(27)18-10-5-11-29-18/h2-4,6-9,12,18H,5,10-11H2,1H3,(H,23,27)(H,24,26)(H,25,28). The lowest BCUT2D eigenvalue weighted by molar-refractivity contribution is -0.124. The summed E-state index contributed by atoms with van der Waals surface area (Å²) in [5.41, 5.74) is 6.78. The van der Waals surface area contributed by atoms with Gasteiger partial charge in [-0.1, -0.05) is 24.3 Å². The SMILES string of the molecule is Cc1c(C(=O)NNC(=O)c2cccc(NC(=O)C3CCCO3)c2)oc2ccccc12. The number of fused-ring (bicyclic) bond motifs is 1. The second-order valence-corrected chi connectivity index (χ2v) is 7.03. The summed E-state index contributed by atoms with van der Waals surface area (Å²) in [6.45, 7) is 2.35. The summed E-state index contributed by atoms with van der Waals surface area (Å²) in [6, 6.07) is 13.7. The van der Waals surface area contributed by atoms with Gasteiger partial charge in [-0.05, 0) is 44.0 Å². The van der Waals surface area contributed by atoms with Crippen LogP contribution < -0.4 is 16.2 Å². The second kappa shape index (κ2) is 8.38. The number of furan rings is 1. The van der Waals surface area contributed by atoms with E-state index in [1.807, 2.05) is 18.2 Å². The van der Waals surface area contributed by atoms with Crippen LogP contribution >= 0.6 is 0 Å². The van der Waals surface area contributed by atoms with Gasteiger partial charge in [0.05, 0.1) is 0 Å². The van der Waals surface area contributed by atoms with Gasteiger partial charge in [-0.15, -0.1) is 0 Å². The lowest BCUT2D eigenvalue weighted by atomic mass is 10.1. The van der Waals surface area contributed by atoms with Crippen LogP contribution in [-0.2, 0) is 9.53 Å². The number of hydrogen-bond acceptors (Lipinski definition) is 5. The number of nitrogens with one attached hydrogen (secondary N) is 3. The number of hydrogen-bond donors (Lipinski definition) is 3. The molecule has 8 heteroatoms. The molecule has 0 aliphatic carbocycles. The highest BCUT2D eigenvalue weighted by atomic mass is 16.5. The monoisotopic (exact) mass is 407 g/mol. The topological polar surface area (TPSA) is 110 Å². The first-order valence-corrected chi connectivity index (χ1v) is 9.64. The Bertz CT molecular complexity index is 1110. The number of carbonyl (C=O) groups excluding carboxylic acids is 3. The predicted molar refractivity (Wildman–Crippen MR) is 110 cm³/mol. The number of benzene rings is 2. The Balaban J connectivity index is 1.39. The molecule has 0 bridgehead atoms. The van der Waals surface area contributed by atoms with E-state index in [4.69, 9.17) is 9.15 Å². The summed E-state index contributed by atoms with van der Waals surface area (Å²) in [6.07, 6.45) is 1.07. The number of hydrazine groups is 1. The van der Waals surface area contributed by atoms with Crippen molar-refractivity contribution in [2.75, 3.05) is 11.9 Å². The van der Waals surface area contributed by atoms with Crippen LogP contribution in [0.5, 0.6) is 0 Å². The van der Waals surface area contributed by atoms with Gasteiger partial charge in [0.15, 0.2) is 5.76 Å². The van der Waals surface area contributed by atoms with Crippen LogP contribution in [0.3, 0.4) is 0 Å². The zero-order valence-electron chi connectivity index (χ0n) is 16.4. The van der Waals surface area contributed by atoms with E-state index >= 15 is 0 Å². The van der Waals surface area contributed by atoms with Crippen LogP contribution in [0.1, 0.15) is 39.3 Å². The van der Waals surface area contributed by atoms with Crippen LogP contribution in [0, 0.1) is 6.92 Å². The molecule has 8 nitrogen and oxygen atoms in total. The van der Waals surface area contributed by atoms with E-state index in [0.717, 1.165) is 11.8 Å². The fourth-order valence-corrected chi connectivity index (χ4v) is 3.38. The van der Waals surface area contributed by atoms with Gasteiger partial charge in [0.2, 0.25) is 0 Å². The highest BCUT2D eigenvalue weighted by Crippen LogP contribution is 2.24. The van der Waals surface area contributed by atoms with Gasteiger partial charge in [-0.3, -0.25) is 25.2 Å². The molecule has 3 aromatic rings. The van der Waals surface area contributed by atoms with E-state index in [-0.39, 0.29) is 17.2 Å². The summed E-state index contributed by atoms with van der Waals surface area (Å²) in [5, 5.41) is 3.58. The van der Waals surface area contributed by atoms with Crippen molar-refractivity contribution in [2.24, 2.45) is 0 Å². The smallest absolute Gasteiger partial charge is 0.305 e. The third-order valence-corrected chi connectivity index (χ3v) is 4.95. The minimum absolute atomic E-state index is 0.133. The maximum atomic E-state index is 12.4. The lowest BCUT2D eigenvalue weighted by Gasteiger charge is -2.11. The molecule has 1 aliphatic heterocycles. The van der Waals surface area contributed by atoms with Crippen LogP contribution in [-0.4, -0.2) is 30.4 Å². The summed E-state index contributed by atoms with van der Waals surface area (Å²) in [4.78, 5) is 37.0. The summed E-state index contributed by atoms with van der Waals surface area (Å²) in [5.74, 6) is -1.18. The van der Waals surface area contributed by atoms with Crippen molar-refractivity contribution < 1.29 is 23.5 Å². The molecule has 1 unspecified atom stereocenters. The van der Waals surface area contributed by atoms with E-state index in [1.165, 1.54) is 6.07 Å². The molecule has 0 spiro atoms. The first-order valence-electron chi connectivity index (χ1n) is 9.64. The van der Waals surface area contributed by atoms with Gasteiger partial charge in [0.25, 0.3) is 11.8 Å². The summed E-state index contributed by atoms with van der Waals surface area (Å²) in [7, 11) is 0. The van der Waals surface area contributed by atoms with Gasteiger partial charge in [-0.2, -0.15) is 0 Å². The largest absolute Gasteiger partial charge is 0.451 e. The average molecular weight is 407 g/mol. The lowest BCUT2D eigenvalue weighted by Crippen LogP contribution is -2.41. The van der Waals surface area contributed by atoms with Crippen molar-refractivity contribution in [3.8, 4) is 0 Å². The number of ether oxygens (including phenoxy) is 1. The molecule has 3 amide bonds. The number of amides is 3. The van der Waals surface area contributed by atoms with Gasteiger partial charge in [0.1, 0.15) is 11.7 Å². The van der Waals surface area contributed by atoms with Crippen molar-refractivity contribution in [1.82, 2.24) is 10.9 Å². The molecule has 1 saturated heterocycles. The van der Waals surface area contributed by atoms with Gasteiger partial charge >= 0.3 is 5.91 Å². The third kappa shape index (κ3) is 4.04. The van der Waals surface area contributed by atoms with Gasteiger partial charge in [0, 0.05) is 28.8 Å². The van der Waals surface area contributed by atoms with Crippen molar-refractivity contribution in [3.05, 3.63) is 65.4 Å². The fraction of sp³-hybridized carbons (Fsp3) is 0.227. The van der Waals surface area contributed by atoms with E-state index in [9.17, 15) is 14.4 Å². The number of para-hydroxylation sites is 1. The molecule has 1 aromatic heterocycles. The Morgan fingerprint density at radius 2 is 1.80 bits per heavy atom. The molecule has 0 saturated carbocycles. The second-order valence-electron chi connectivity index (χ2n) is 7.03. The van der Waals surface area contributed by atoms with Crippen molar-refractivity contribution >= 4 is 34.4 Å². The molecule has 2 heterocycles. The molecular formula is C22H21N3O5. The molecule has 2 aromatic carbocycles. The average Bonchev–Trinajstić information content (AvgIpc) is 3.41. The maximum absolute atomic E-state index is 12.4. The molecule has 154 valence electrons. The molecule has 1 aliphatic rings. The van der Waals surface area contributed by atoms with Gasteiger partial charge in [-0.25, -0.2) is 0 Å². The molecule has 4 rings (SSSR count). The van der Waals surface area contributed by atoms with Crippen molar-refractivity contribution in [3.63, 3.8) is 0 Å². The number of aryl methyl sites for hydroxylation is 1. The first-order chi connectivity index (χ1) is 14.5. The Morgan fingerprint density at radius 1 is 1.00 bits per heavy atom. The van der Waals surface area contributed by atoms with Crippen LogP contribution in [0.25, 0.3) is 11.0 Å². The zero-order chi connectivity index (χ0) is 21.1. The van der Waals surface area contributed by atoms with Crippen LogP contribution in [0.15, 0.2) is 52.9 Å². The third-order valence-electron chi connectivity index (χ3n) is 4.95. The highest BCUT2D eigenvalue weighted by Gasteiger charge is 2.24. The Kier molecular flexibility index (Phi) is 5.49. The number of anilines is 1. The summed E-state index contributed by atoms with van der Waals surface area (Å²) >= 11 is 0. The fourth-order valence-electron chi connectivity index (χ4n) is 3.38. The quantitative estimate of drug-likeness (QED) is 0.576. The van der Waals surface area contributed by atoms with Crippen molar-refractivity contribution in [1.29, 1.82) is 0 Å². The zero-order valence-corrected chi connectivity index (χ0v) is 16.4. The maximum Gasteiger partial charge on any atom is 0.305 e. The Hall–Kier alpha value is -3.65. The predicted octanol–water partition coefficient (Wildman–Crippen LogP) is 2.93. The van der Waals surface area contributed by atoms with E-state index < -0.39 is 17.9 Å². The van der Waals surface area contributed by atoms with Gasteiger partial charge < -0.3 is 14.5 Å². The minimum Gasteiger partial charge on any atom is -0.451 e. The first kappa shape index (κ1) is 19.7. The number of rotatable bonds is 4. The van der Waals surface area contributed by atoms with Crippen molar-refractivity contribution in [2.45, 2.75) is 25.9 Å².